The summed E-state index contributed by atoms with van der Waals surface area (Å²) < 4.78 is 42.7. The third-order valence-corrected chi connectivity index (χ3v) is 7.42. The van der Waals surface area contributed by atoms with E-state index in [1.54, 1.807) is 31.7 Å². The second-order valence-corrected chi connectivity index (χ2v) is 11.6. The molecule has 0 aliphatic carbocycles. The lowest BCUT2D eigenvalue weighted by Gasteiger charge is -2.31. The van der Waals surface area contributed by atoms with E-state index in [1.165, 1.54) is 6.07 Å². The van der Waals surface area contributed by atoms with Crippen LogP contribution < -0.4 is 10.0 Å². The van der Waals surface area contributed by atoms with Crippen LogP contribution in [-0.4, -0.2) is 43.8 Å². The van der Waals surface area contributed by atoms with Crippen molar-refractivity contribution >= 4 is 43.5 Å². The van der Waals surface area contributed by atoms with Crippen molar-refractivity contribution in [2.45, 2.75) is 44.0 Å². The maximum atomic E-state index is 14.3. The fourth-order valence-electron chi connectivity index (χ4n) is 3.64. The molecular weight excluding hydrogens is 513 g/mol. The molecule has 1 fully saturated rings. The molecule has 3 rings (SSSR count). The summed E-state index contributed by atoms with van der Waals surface area (Å²) in [5.74, 6) is -1.67. The molecule has 0 unspecified atom stereocenters. The van der Waals surface area contributed by atoms with E-state index < -0.39 is 32.2 Å². The van der Waals surface area contributed by atoms with Gasteiger partial charge in [0.25, 0.3) is 5.91 Å². The minimum Gasteiger partial charge on any atom is -0.339 e. The molecule has 1 aliphatic rings. The highest BCUT2D eigenvalue weighted by Gasteiger charge is 2.30. The number of rotatable bonds is 5. The summed E-state index contributed by atoms with van der Waals surface area (Å²) in [6.07, 6.45) is 0.951. The van der Waals surface area contributed by atoms with Gasteiger partial charge in [-0.15, -0.1) is 0 Å². The number of piperidine rings is 1. The molecule has 0 atom stereocenters. The van der Waals surface area contributed by atoms with E-state index in [0.717, 1.165) is 16.6 Å². The second-order valence-electron chi connectivity index (χ2n) is 9.07. The summed E-state index contributed by atoms with van der Waals surface area (Å²) in [4.78, 5) is 26.5. The molecule has 2 amide bonds. The van der Waals surface area contributed by atoms with Crippen LogP contribution in [0.15, 0.2) is 51.8 Å². The summed E-state index contributed by atoms with van der Waals surface area (Å²) in [7, 11) is -4.14. The number of sulfonamides is 1. The molecule has 2 aromatic rings. The predicted octanol–water partition coefficient (Wildman–Crippen LogP) is 4.16. The smallest absolute Gasteiger partial charge is 0.253 e. The highest BCUT2D eigenvalue weighted by molar-refractivity contribution is 9.10. The molecule has 10 heteroatoms. The summed E-state index contributed by atoms with van der Waals surface area (Å²) in [6.45, 7) is 5.63. The van der Waals surface area contributed by atoms with Crippen molar-refractivity contribution in [1.29, 1.82) is 0 Å². The van der Waals surface area contributed by atoms with Crippen molar-refractivity contribution in [3.63, 3.8) is 0 Å². The van der Waals surface area contributed by atoms with Gasteiger partial charge >= 0.3 is 0 Å². The Hall–Kier alpha value is -2.30. The number of hydrogen-bond donors (Lipinski definition) is 2. The molecule has 1 heterocycles. The lowest BCUT2D eigenvalue weighted by molar-refractivity contribution is -0.121. The molecule has 33 heavy (non-hydrogen) atoms. The van der Waals surface area contributed by atoms with Gasteiger partial charge in [-0.3, -0.25) is 9.59 Å². The molecule has 2 N–H and O–H groups in total. The first-order valence-corrected chi connectivity index (χ1v) is 12.8. The number of nitrogens with zero attached hydrogens (tertiary/aromatic N) is 1. The standard InChI is InChI=1S/C23H27BrFN3O4S/c1-23(2,3)27-33(31,32)20-13-16(7-8-19(20)25)22(30)28-11-9-15(10-12-28)21(29)26-18-6-4-5-17(24)14-18/h4-8,13-15,27H,9-12H2,1-3H3,(H,26,29). The van der Waals surface area contributed by atoms with Crippen LogP contribution in [0.2, 0.25) is 0 Å². The number of carbonyl (C=O) groups is 2. The van der Waals surface area contributed by atoms with E-state index in [0.29, 0.717) is 31.6 Å². The maximum Gasteiger partial charge on any atom is 0.253 e. The minimum absolute atomic E-state index is 0.0859. The monoisotopic (exact) mass is 539 g/mol. The zero-order valence-electron chi connectivity index (χ0n) is 18.7. The van der Waals surface area contributed by atoms with Crippen molar-refractivity contribution < 1.29 is 22.4 Å². The molecule has 0 spiro atoms. The summed E-state index contributed by atoms with van der Waals surface area (Å²) >= 11 is 3.37. The quantitative estimate of drug-likeness (QED) is 0.596. The molecule has 0 bridgehead atoms. The second kappa shape index (κ2) is 9.90. The van der Waals surface area contributed by atoms with E-state index in [2.05, 4.69) is 26.0 Å². The first-order valence-electron chi connectivity index (χ1n) is 10.5. The van der Waals surface area contributed by atoms with Gasteiger partial charge in [0.2, 0.25) is 15.9 Å². The number of likely N-dealkylation sites (tertiary alicyclic amines) is 1. The van der Waals surface area contributed by atoms with Crippen LogP contribution in [0.4, 0.5) is 10.1 Å². The van der Waals surface area contributed by atoms with Crippen LogP contribution in [0, 0.1) is 11.7 Å². The molecular formula is C23H27BrFN3O4S. The van der Waals surface area contributed by atoms with Gasteiger partial charge < -0.3 is 10.2 Å². The van der Waals surface area contributed by atoms with E-state index >= 15 is 0 Å². The Morgan fingerprint density at radius 3 is 2.36 bits per heavy atom. The van der Waals surface area contributed by atoms with Crippen molar-refractivity contribution in [2.75, 3.05) is 18.4 Å². The van der Waals surface area contributed by atoms with Crippen LogP contribution in [-0.2, 0) is 14.8 Å². The average Bonchev–Trinajstić information content (AvgIpc) is 2.72. The Morgan fingerprint density at radius 2 is 1.76 bits per heavy atom. The lowest BCUT2D eigenvalue weighted by atomic mass is 9.95. The van der Waals surface area contributed by atoms with E-state index in [1.807, 2.05) is 18.2 Å². The molecule has 0 saturated carbocycles. The number of nitrogens with one attached hydrogen (secondary N) is 2. The molecule has 0 aromatic heterocycles. The normalized spacial score (nSPS) is 15.4. The number of carbonyl (C=O) groups excluding carboxylic acids is 2. The Balaban J connectivity index is 1.66. The van der Waals surface area contributed by atoms with Crippen LogP contribution in [0.1, 0.15) is 44.0 Å². The van der Waals surface area contributed by atoms with Gasteiger partial charge in [0, 0.05) is 40.3 Å². The predicted molar refractivity (Wildman–Crippen MR) is 128 cm³/mol. The van der Waals surface area contributed by atoms with Gasteiger partial charge in [-0.2, -0.15) is 0 Å². The maximum absolute atomic E-state index is 14.3. The van der Waals surface area contributed by atoms with E-state index in [4.69, 9.17) is 0 Å². The lowest BCUT2D eigenvalue weighted by Crippen LogP contribution is -2.42. The van der Waals surface area contributed by atoms with Gasteiger partial charge in [0.15, 0.2) is 0 Å². The number of hydrogen-bond acceptors (Lipinski definition) is 4. The van der Waals surface area contributed by atoms with Crippen LogP contribution in [0.5, 0.6) is 0 Å². The molecule has 7 nitrogen and oxygen atoms in total. The molecule has 178 valence electrons. The summed E-state index contributed by atoms with van der Waals surface area (Å²) in [5.41, 5.74) is -0.0247. The van der Waals surface area contributed by atoms with Gasteiger partial charge in [-0.05, 0) is 70.0 Å². The van der Waals surface area contributed by atoms with Crippen LogP contribution >= 0.6 is 15.9 Å². The van der Waals surface area contributed by atoms with Crippen molar-refractivity contribution in [2.24, 2.45) is 5.92 Å². The molecule has 2 aromatic carbocycles. The Bertz CT molecular complexity index is 1160. The van der Waals surface area contributed by atoms with Crippen molar-refractivity contribution in [3.05, 3.63) is 58.3 Å². The number of benzene rings is 2. The van der Waals surface area contributed by atoms with Gasteiger partial charge in [0.1, 0.15) is 10.7 Å². The minimum atomic E-state index is -4.14. The zero-order valence-corrected chi connectivity index (χ0v) is 21.1. The van der Waals surface area contributed by atoms with Crippen LogP contribution in [0.3, 0.4) is 0 Å². The van der Waals surface area contributed by atoms with Crippen molar-refractivity contribution in [1.82, 2.24) is 9.62 Å². The van der Waals surface area contributed by atoms with Gasteiger partial charge in [-0.1, -0.05) is 22.0 Å². The third-order valence-electron chi connectivity index (χ3n) is 5.15. The van der Waals surface area contributed by atoms with E-state index in [-0.39, 0.29) is 17.4 Å². The molecule has 1 aliphatic heterocycles. The molecule has 0 radical (unpaired) electrons. The highest BCUT2D eigenvalue weighted by Crippen LogP contribution is 2.24. The fourth-order valence-corrected chi connectivity index (χ4v) is 5.56. The number of anilines is 1. The Labute approximate surface area is 201 Å². The van der Waals surface area contributed by atoms with Gasteiger partial charge in [0.05, 0.1) is 0 Å². The van der Waals surface area contributed by atoms with Crippen LogP contribution in [0.25, 0.3) is 0 Å². The largest absolute Gasteiger partial charge is 0.339 e. The Kier molecular flexibility index (Phi) is 7.60. The van der Waals surface area contributed by atoms with Gasteiger partial charge in [-0.25, -0.2) is 17.5 Å². The third kappa shape index (κ3) is 6.61. The number of halogens is 2. The first kappa shape index (κ1) is 25.3. The summed E-state index contributed by atoms with van der Waals surface area (Å²) in [5, 5.41) is 2.89. The highest BCUT2D eigenvalue weighted by atomic mass is 79.9. The topological polar surface area (TPSA) is 95.6 Å². The average molecular weight is 540 g/mol. The first-order chi connectivity index (χ1) is 15.4. The molecule has 1 saturated heterocycles. The SMILES string of the molecule is CC(C)(C)NS(=O)(=O)c1cc(C(=O)N2CCC(C(=O)Nc3cccc(Br)c3)CC2)ccc1F. The fraction of sp³-hybridized carbons (Fsp3) is 0.391. The van der Waals surface area contributed by atoms with Crippen molar-refractivity contribution in [3.8, 4) is 0 Å². The zero-order chi connectivity index (χ0) is 24.4. The summed E-state index contributed by atoms with van der Waals surface area (Å²) in [6, 6.07) is 10.6. The van der Waals surface area contributed by atoms with E-state index in [9.17, 15) is 22.4 Å². The number of amides is 2. The Morgan fingerprint density at radius 1 is 1.09 bits per heavy atom.